The second kappa shape index (κ2) is 10.2. The van der Waals surface area contributed by atoms with E-state index >= 15 is 0 Å². The SMILES string of the molecule is CN(C)CC1CC2(CCN(C(=O)CCc3ccncc3)CC2)C(=O)O1.O=CO. The topological polar surface area (TPSA) is 100 Å². The van der Waals surface area contributed by atoms with Crippen molar-refractivity contribution in [3.8, 4) is 0 Å². The number of amides is 1. The molecule has 2 aliphatic heterocycles. The second-order valence-corrected chi connectivity index (χ2v) is 7.62. The Kier molecular flexibility index (Phi) is 7.92. The Morgan fingerprint density at radius 3 is 2.54 bits per heavy atom. The molecule has 8 nitrogen and oxygen atoms in total. The minimum Gasteiger partial charge on any atom is -0.483 e. The van der Waals surface area contributed by atoms with Crippen LogP contribution in [0.2, 0.25) is 0 Å². The van der Waals surface area contributed by atoms with Gasteiger partial charge in [0, 0.05) is 44.9 Å². The van der Waals surface area contributed by atoms with Crippen molar-refractivity contribution < 1.29 is 24.2 Å². The van der Waals surface area contributed by atoms with Gasteiger partial charge in [0.05, 0.1) is 5.41 Å². The number of carbonyl (C=O) groups is 3. The predicted molar refractivity (Wildman–Crippen MR) is 103 cm³/mol. The first kappa shape index (κ1) is 21.8. The summed E-state index contributed by atoms with van der Waals surface area (Å²) in [6, 6.07) is 3.88. The van der Waals surface area contributed by atoms with Gasteiger partial charge in [-0.15, -0.1) is 0 Å². The molecular weight excluding hydrogens is 362 g/mol. The number of hydrogen-bond acceptors (Lipinski definition) is 6. The summed E-state index contributed by atoms with van der Waals surface area (Å²) >= 11 is 0. The molecule has 0 saturated carbocycles. The Labute approximate surface area is 165 Å². The standard InChI is InChI=1S/C19H27N3O3.CH2O2/c1-21(2)14-16-13-19(18(24)25-16)7-11-22(12-8-19)17(23)4-3-15-5-9-20-10-6-15;2-1-3/h5-6,9-10,16H,3-4,7-8,11-14H2,1-2H3;1H,(H,2,3). The number of esters is 1. The molecule has 0 radical (unpaired) electrons. The Hall–Kier alpha value is -2.48. The van der Waals surface area contributed by atoms with Crippen LogP contribution in [0.15, 0.2) is 24.5 Å². The summed E-state index contributed by atoms with van der Waals surface area (Å²) in [6.45, 7) is 1.82. The number of hydrogen-bond donors (Lipinski definition) is 1. The molecule has 1 aromatic heterocycles. The Morgan fingerprint density at radius 1 is 1.36 bits per heavy atom. The minimum atomic E-state index is -0.372. The van der Waals surface area contributed by atoms with Crippen LogP contribution in [-0.4, -0.2) is 78.1 Å². The van der Waals surface area contributed by atoms with E-state index in [4.69, 9.17) is 14.6 Å². The van der Waals surface area contributed by atoms with E-state index in [1.54, 1.807) is 12.4 Å². The van der Waals surface area contributed by atoms with Crippen molar-refractivity contribution in [1.29, 1.82) is 0 Å². The van der Waals surface area contributed by atoms with Gasteiger partial charge in [-0.1, -0.05) is 0 Å². The lowest BCUT2D eigenvalue weighted by molar-refractivity contribution is -0.152. The van der Waals surface area contributed by atoms with Crippen molar-refractivity contribution in [2.45, 2.75) is 38.2 Å². The van der Waals surface area contributed by atoms with Crippen LogP contribution in [0.4, 0.5) is 0 Å². The first-order valence-electron chi connectivity index (χ1n) is 9.50. The Balaban J connectivity index is 0.000000878. The van der Waals surface area contributed by atoms with Gasteiger partial charge in [0.1, 0.15) is 6.10 Å². The molecule has 3 heterocycles. The fraction of sp³-hybridized carbons (Fsp3) is 0.600. The molecule has 154 valence electrons. The lowest BCUT2D eigenvalue weighted by Gasteiger charge is -2.36. The van der Waals surface area contributed by atoms with Crippen molar-refractivity contribution >= 4 is 18.3 Å². The zero-order valence-corrected chi connectivity index (χ0v) is 16.5. The van der Waals surface area contributed by atoms with Gasteiger partial charge in [-0.25, -0.2) is 0 Å². The van der Waals surface area contributed by atoms with Gasteiger partial charge in [-0.3, -0.25) is 19.4 Å². The van der Waals surface area contributed by atoms with E-state index < -0.39 is 0 Å². The van der Waals surface area contributed by atoms with Crippen LogP contribution in [0.5, 0.6) is 0 Å². The number of cyclic esters (lactones) is 1. The molecule has 0 bridgehead atoms. The molecule has 3 rings (SSSR count). The Bertz CT molecular complexity index is 657. The molecule has 2 aliphatic rings. The number of pyridine rings is 1. The van der Waals surface area contributed by atoms with E-state index in [9.17, 15) is 9.59 Å². The number of ether oxygens (including phenoxy) is 1. The highest BCUT2D eigenvalue weighted by Crippen LogP contribution is 2.43. The van der Waals surface area contributed by atoms with Crippen LogP contribution in [-0.2, 0) is 25.5 Å². The lowest BCUT2D eigenvalue weighted by atomic mass is 9.76. The molecule has 1 amide bonds. The monoisotopic (exact) mass is 391 g/mol. The normalized spacial score (nSPS) is 20.5. The first-order chi connectivity index (χ1) is 13.4. The number of aromatic nitrogens is 1. The number of carboxylic acid groups (broad SMARTS) is 1. The second-order valence-electron chi connectivity index (χ2n) is 7.62. The Morgan fingerprint density at radius 2 is 1.96 bits per heavy atom. The van der Waals surface area contributed by atoms with Crippen molar-refractivity contribution in [2.24, 2.45) is 5.41 Å². The van der Waals surface area contributed by atoms with Crippen LogP contribution >= 0.6 is 0 Å². The zero-order chi connectivity index (χ0) is 20.6. The molecule has 8 heteroatoms. The number of piperidine rings is 1. The number of nitrogens with zero attached hydrogens (tertiary/aromatic N) is 3. The number of likely N-dealkylation sites (tertiary alicyclic amines) is 1. The molecule has 0 aliphatic carbocycles. The number of aryl methyl sites for hydroxylation is 1. The van der Waals surface area contributed by atoms with Crippen LogP contribution in [0.1, 0.15) is 31.2 Å². The van der Waals surface area contributed by atoms with Crippen molar-refractivity contribution in [3.05, 3.63) is 30.1 Å². The van der Waals surface area contributed by atoms with Crippen LogP contribution in [0.25, 0.3) is 0 Å². The molecule has 1 unspecified atom stereocenters. The van der Waals surface area contributed by atoms with Crippen molar-refractivity contribution in [2.75, 3.05) is 33.7 Å². The van der Waals surface area contributed by atoms with E-state index in [2.05, 4.69) is 9.88 Å². The molecule has 2 saturated heterocycles. The molecule has 0 aromatic carbocycles. The predicted octanol–water partition coefficient (Wildman–Crippen LogP) is 1.20. The zero-order valence-electron chi connectivity index (χ0n) is 16.5. The van der Waals surface area contributed by atoms with E-state index in [-0.39, 0.29) is 29.9 Å². The van der Waals surface area contributed by atoms with Crippen molar-refractivity contribution in [3.63, 3.8) is 0 Å². The lowest BCUT2D eigenvalue weighted by Crippen LogP contribution is -2.45. The van der Waals surface area contributed by atoms with Gasteiger partial charge < -0.3 is 19.6 Å². The third-order valence-electron chi connectivity index (χ3n) is 5.34. The quantitative estimate of drug-likeness (QED) is 0.595. The van der Waals surface area contributed by atoms with E-state index in [0.717, 1.165) is 37.8 Å². The third kappa shape index (κ3) is 5.76. The van der Waals surface area contributed by atoms with E-state index in [1.807, 2.05) is 31.1 Å². The van der Waals surface area contributed by atoms with Gasteiger partial charge in [0.25, 0.3) is 6.47 Å². The maximum atomic E-state index is 12.5. The van der Waals surface area contributed by atoms with Crippen LogP contribution in [0, 0.1) is 5.41 Å². The highest BCUT2D eigenvalue weighted by atomic mass is 16.6. The first-order valence-corrected chi connectivity index (χ1v) is 9.50. The van der Waals surface area contributed by atoms with Gasteiger partial charge in [0.15, 0.2) is 0 Å². The summed E-state index contributed by atoms with van der Waals surface area (Å²) in [6.07, 6.45) is 6.94. The maximum absolute atomic E-state index is 12.5. The number of rotatable bonds is 5. The van der Waals surface area contributed by atoms with Crippen molar-refractivity contribution in [1.82, 2.24) is 14.8 Å². The van der Waals surface area contributed by atoms with Gasteiger partial charge in [0.2, 0.25) is 5.91 Å². The average molecular weight is 391 g/mol. The molecule has 2 fully saturated rings. The summed E-state index contributed by atoms with van der Waals surface area (Å²) < 4.78 is 5.58. The maximum Gasteiger partial charge on any atom is 0.312 e. The van der Waals surface area contributed by atoms with E-state index in [0.29, 0.717) is 19.5 Å². The number of likely N-dealkylation sites (N-methyl/N-ethyl adjacent to an activating group) is 1. The molecule has 1 N–H and O–H groups in total. The molecule has 28 heavy (non-hydrogen) atoms. The van der Waals surface area contributed by atoms with E-state index in [1.165, 1.54) is 0 Å². The van der Waals surface area contributed by atoms with Gasteiger partial charge in [-0.05, 0) is 51.1 Å². The highest BCUT2D eigenvalue weighted by Gasteiger charge is 2.50. The van der Waals surface area contributed by atoms with Crippen LogP contribution in [0.3, 0.4) is 0 Å². The minimum absolute atomic E-state index is 0.0172. The summed E-state index contributed by atoms with van der Waals surface area (Å²) in [7, 11) is 3.98. The molecule has 1 aromatic rings. The fourth-order valence-electron chi connectivity index (χ4n) is 3.90. The molecular formula is C20H29N3O5. The van der Waals surface area contributed by atoms with Crippen LogP contribution < -0.4 is 0 Å². The smallest absolute Gasteiger partial charge is 0.312 e. The molecule has 1 spiro atoms. The number of carbonyl (C=O) groups excluding carboxylic acids is 2. The fourth-order valence-corrected chi connectivity index (χ4v) is 3.90. The van der Waals surface area contributed by atoms with Gasteiger partial charge in [-0.2, -0.15) is 0 Å². The summed E-state index contributed by atoms with van der Waals surface area (Å²) in [4.78, 5) is 41.1. The highest BCUT2D eigenvalue weighted by molar-refractivity contribution is 5.80. The summed E-state index contributed by atoms with van der Waals surface area (Å²) in [5.74, 6) is 0.103. The molecule has 1 atom stereocenters. The third-order valence-corrected chi connectivity index (χ3v) is 5.34. The summed E-state index contributed by atoms with van der Waals surface area (Å²) in [5, 5.41) is 6.89. The van der Waals surface area contributed by atoms with Gasteiger partial charge >= 0.3 is 5.97 Å². The summed E-state index contributed by atoms with van der Waals surface area (Å²) in [5.41, 5.74) is 0.755. The average Bonchev–Trinajstić information content (AvgIpc) is 2.95. The largest absolute Gasteiger partial charge is 0.483 e.